The molecule has 334 valence electrons. The molecule has 0 aliphatic heterocycles. The Morgan fingerprint density at radius 2 is 0.896 bits per heavy atom. The lowest BCUT2D eigenvalue weighted by Gasteiger charge is -2.28. The first-order chi connectivity index (χ1) is 32.0. The van der Waals surface area contributed by atoms with Gasteiger partial charge in [0.25, 0.3) is 0 Å². The molecule has 9 rings (SSSR count). The molecule has 67 heavy (non-hydrogen) atoms. The highest BCUT2D eigenvalue weighted by atomic mass is 15.1. The molecule has 0 radical (unpaired) electrons. The van der Waals surface area contributed by atoms with Crippen LogP contribution in [0.3, 0.4) is 0 Å². The largest absolute Gasteiger partial charge is 0.310 e. The first-order valence-corrected chi connectivity index (χ1v) is 24.0. The van der Waals surface area contributed by atoms with Crippen molar-refractivity contribution < 1.29 is 0 Å². The van der Waals surface area contributed by atoms with Crippen LogP contribution in [0.4, 0.5) is 17.1 Å². The fourth-order valence-corrected chi connectivity index (χ4v) is 10.5. The fraction of sp³-hybridized carbons (Fsp3) is 0.212. The smallest absolute Gasteiger partial charge is 0.0493 e. The summed E-state index contributed by atoms with van der Waals surface area (Å²) in [6.45, 7) is 31.4. The zero-order valence-electron chi connectivity index (χ0n) is 41.7. The number of fused-ring (bicyclic) bond motifs is 6. The Kier molecular flexibility index (Phi) is 11.7. The Hall–Kier alpha value is -6.96. The van der Waals surface area contributed by atoms with Gasteiger partial charge in [-0.2, -0.15) is 0 Å². The Bertz CT molecular complexity index is 3200. The van der Waals surface area contributed by atoms with Crippen LogP contribution in [0.1, 0.15) is 117 Å². The van der Waals surface area contributed by atoms with E-state index in [0.717, 1.165) is 16.9 Å². The molecule has 2 aliphatic carbocycles. The maximum absolute atomic E-state index is 4.45. The summed E-state index contributed by atoms with van der Waals surface area (Å²) in [5.74, 6) is 0. The van der Waals surface area contributed by atoms with E-state index in [1.54, 1.807) is 0 Å². The summed E-state index contributed by atoms with van der Waals surface area (Å²) < 4.78 is 0. The van der Waals surface area contributed by atoms with Crippen molar-refractivity contribution in [1.82, 2.24) is 0 Å². The maximum atomic E-state index is 4.45. The van der Waals surface area contributed by atoms with Crippen LogP contribution in [-0.4, -0.2) is 0 Å². The van der Waals surface area contributed by atoms with E-state index < -0.39 is 0 Å². The zero-order chi connectivity index (χ0) is 47.5. The highest BCUT2D eigenvalue weighted by Gasteiger charge is 2.37. The average Bonchev–Trinajstić information content (AvgIpc) is 3.69. The molecular formula is C66H65N. The molecule has 7 aromatic rings. The van der Waals surface area contributed by atoms with Crippen LogP contribution in [0.2, 0.25) is 0 Å². The van der Waals surface area contributed by atoms with Gasteiger partial charge < -0.3 is 4.90 Å². The second-order valence-corrected chi connectivity index (χ2v) is 20.3. The number of nitrogens with zero attached hydrogens (tertiary/aromatic N) is 1. The van der Waals surface area contributed by atoms with Gasteiger partial charge in [0.2, 0.25) is 0 Å². The van der Waals surface area contributed by atoms with E-state index in [-0.39, 0.29) is 10.8 Å². The van der Waals surface area contributed by atoms with Gasteiger partial charge in [-0.25, -0.2) is 0 Å². The summed E-state index contributed by atoms with van der Waals surface area (Å²) in [7, 11) is 0. The summed E-state index contributed by atoms with van der Waals surface area (Å²) in [5.41, 5.74) is 30.1. The Morgan fingerprint density at radius 3 is 1.37 bits per heavy atom. The van der Waals surface area contributed by atoms with E-state index in [0.29, 0.717) is 0 Å². The number of hydrogen-bond acceptors (Lipinski definition) is 1. The highest BCUT2D eigenvalue weighted by Crippen LogP contribution is 2.52. The quantitative estimate of drug-likeness (QED) is 0.124. The minimum absolute atomic E-state index is 0.117. The van der Waals surface area contributed by atoms with Gasteiger partial charge in [0.1, 0.15) is 0 Å². The van der Waals surface area contributed by atoms with E-state index in [1.165, 1.54) is 117 Å². The second kappa shape index (κ2) is 17.4. The van der Waals surface area contributed by atoms with Crippen LogP contribution >= 0.6 is 0 Å². The Morgan fingerprint density at radius 1 is 0.463 bits per heavy atom. The molecule has 0 bridgehead atoms. The van der Waals surface area contributed by atoms with Crippen LogP contribution in [0, 0.1) is 27.7 Å². The normalized spacial score (nSPS) is 14.8. The lowest BCUT2D eigenvalue weighted by molar-refractivity contribution is 0.660. The summed E-state index contributed by atoms with van der Waals surface area (Å²) >= 11 is 0. The summed E-state index contributed by atoms with van der Waals surface area (Å²) in [5, 5.41) is 0. The molecule has 0 saturated carbocycles. The Labute approximate surface area is 401 Å². The number of allylic oxidation sites excluding steroid dienone is 9. The summed E-state index contributed by atoms with van der Waals surface area (Å²) in [6, 6.07) is 50.7. The van der Waals surface area contributed by atoms with Crippen molar-refractivity contribution in [2.24, 2.45) is 0 Å². The van der Waals surface area contributed by atoms with Gasteiger partial charge in [0.15, 0.2) is 0 Å². The molecule has 0 N–H and O–H groups in total. The second-order valence-electron chi connectivity index (χ2n) is 20.3. The lowest BCUT2D eigenvalue weighted by atomic mass is 9.80. The van der Waals surface area contributed by atoms with Crippen molar-refractivity contribution in [1.29, 1.82) is 0 Å². The molecule has 0 aromatic heterocycles. The molecule has 0 saturated heterocycles. The number of rotatable bonds is 10. The summed E-state index contributed by atoms with van der Waals surface area (Å²) in [4.78, 5) is 2.39. The molecule has 0 fully saturated rings. The van der Waals surface area contributed by atoms with Crippen molar-refractivity contribution in [2.45, 2.75) is 93.9 Å². The van der Waals surface area contributed by atoms with Crippen molar-refractivity contribution in [3.63, 3.8) is 0 Å². The van der Waals surface area contributed by atoms with Gasteiger partial charge in [-0.3, -0.25) is 0 Å². The van der Waals surface area contributed by atoms with Crippen molar-refractivity contribution in [2.75, 3.05) is 4.90 Å². The fourth-order valence-electron chi connectivity index (χ4n) is 10.5. The van der Waals surface area contributed by atoms with Gasteiger partial charge in [0.05, 0.1) is 0 Å². The van der Waals surface area contributed by atoms with Crippen LogP contribution in [0.5, 0.6) is 0 Å². The number of benzene rings is 7. The van der Waals surface area contributed by atoms with Crippen LogP contribution < -0.4 is 4.90 Å². The number of hydrogen-bond donors (Lipinski definition) is 0. The average molecular weight is 872 g/mol. The number of anilines is 3. The van der Waals surface area contributed by atoms with Gasteiger partial charge in [-0.1, -0.05) is 149 Å². The van der Waals surface area contributed by atoms with E-state index in [4.69, 9.17) is 0 Å². The molecular weight excluding hydrogens is 807 g/mol. The Balaban J connectivity index is 0.970. The van der Waals surface area contributed by atoms with Crippen LogP contribution in [-0.2, 0) is 10.8 Å². The summed E-state index contributed by atoms with van der Waals surface area (Å²) in [6.07, 6.45) is 10.9. The van der Waals surface area contributed by atoms with Gasteiger partial charge in [-0.05, 0) is 222 Å². The molecule has 0 amide bonds. The predicted octanol–water partition coefficient (Wildman–Crippen LogP) is 18.7. The highest BCUT2D eigenvalue weighted by molar-refractivity contribution is 5.89. The zero-order valence-corrected chi connectivity index (χ0v) is 41.7. The predicted molar refractivity (Wildman–Crippen MR) is 292 cm³/mol. The van der Waals surface area contributed by atoms with Crippen LogP contribution in [0.25, 0.3) is 50.1 Å². The molecule has 1 heteroatoms. The molecule has 0 atom stereocenters. The van der Waals surface area contributed by atoms with Crippen molar-refractivity contribution in [3.8, 4) is 33.4 Å². The molecule has 0 unspecified atom stereocenters. The van der Waals surface area contributed by atoms with Crippen LogP contribution in [0.15, 0.2) is 176 Å². The van der Waals surface area contributed by atoms with E-state index in [9.17, 15) is 0 Å². The van der Waals surface area contributed by atoms with Gasteiger partial charge in [-0.15, -0.1) is 0 Å². The third kappa shape index (κ3) is 8.10. The van der Waals surface area contributed by atoms with E-state index >= 15 is 0 Å². The minimum atomic E-state index is -0.149. The van der Waals surface area contributed by atoms with Gasteiger partial charge >= 0.3 is 0 Å². The molecule has 1 nitrogen and oxygen atoms in total. The lowest BCUT2D eigenvalue weighted by Crippen LogP contribution is -2.15. The first kappa shape index (κ1) is 45.2. The molecule has 2 aliphatic rings. The van der Waals surface area contributed by atoms with E-state index in [1.807, 2.05) is 6.92 Å². The molecule has 7 aromatic carbocycles. The minimum Gasteiger partial charge on any atom is -0.310 e. The SMILES string of the molecule is C=C(/C(C)=C\C=C\C)c1ccc2c(c1)C(C)(C)c1cc(/C(C)=C/C=C(\C)c3ccc4c(c3)C(C)(C)c3cc(-c5cc(C)c(N(c6ccc(C)cc6)c6ccc(C)cc6)cc5C)ccc3-4)ccc1-2. The third-order valence-corrected chi connectivity index (χ3v) is 14.9. The third-order valence-electron chi connectivity index (χ3n) is 14.9. The monoisotopic (exact) mass is 872 g/mol. The first-order valence-electron chi connectivity index (χ1n) is 24.0. The topological polar surface area (TPSA) is 3.24 Å². The molecule has 0 spiro atoms. The van der Waals surface area contributed by atoms with Crippen molar-refractivity contribution >= 4 is 33.8 Å². The maximum Gasteiger partial charge on any atom is 0.0493 e. The number of aryl methyl sites for hydroxylation is 4. The van der Waals surface area contributed by atoms with E-state index in [2.05, 4.69) is 251 Å². The van der Waals surface area contributed by atoms with Gasteiger partial charge in [0, 0.05) is 27.9 Å². The standard InChI is InChI=1S/C66H65N/c1-14-15-16-43(4)48(9)51-25-33-57-55-31-23-49(37-60(55)65(10,11)62(57)39-51)44(5)21-22-45(6)50-24-32-56-58-34-26-52(40-63(58)66(12,13)61(56)38-50)59-35-47(8)64(36-46(59)7)67(53-27-17-41(2)18-28-53)54-29-19-42(3)20-30-54/h14-40H,9H2,1-8,10-13H3/b15-14+,43-16-,44-21+,45-22+. The van der Waals surface area contributed by atoms with Crippen molar-refractivity contribution in [3.05, 3.63) is 237 Å². The molecule has 0 heterocycles.